The van der Waals surface area contributed by atoms with Crippen molar-refractivity contribution in [2.75, 3.05) is 0 Å². The van der Waals surface area contributed by atoms with Gasteiger partial charge in [0.15, 0.2) is 0 Å². The van der Waals surface area contributed by atoms with Crippen LogP contribution in [0.3, 0.4) is 0 Å². The van der Waals surface area contributed by atoms with E-state index in [-0.39, 0.29) is 0 Å². The molecular weight excluding hydrogens is 304 g/mol. The quantitative estimate of drug-likeness (QED) is 0.511. The molecule has 1 unspecified atom stereocenters. The Morgan fingerprint density at radius 2 is 1.38 bits per heavy atom. The summed E-state index contributed by atoms with van der Waals surface area (Å²) < 4.78 is 5.99. The van der Waals surface area contributed by atoms with Gasteiger partial charge in [-0.3, -0.25) is 0 Å². The molecule has 118 valence electrons. The molecule has 1 aromatic rings. The van der Waals surface area contributed by atoms with E-state index >= 15 is 0 Å². The lowest BCUT2D eigenvalue weighted by Gasteiger charge is -2.39. The van der Waals surface area contributed by atoms with Gasteiger partial charge in [-0.05, 0) is 24.8 Å². The van der Waals surface area contributed by atoms with Crippen molar-refractivity contribution in [1.82, 2.24) is 0 Å². The third-order valence-electron chi connectivity index (χ3n) is 3.92. The van der Waals surface area contributed by atoms with Crippen LogP contribution in [-0.2, 0) is 4.43 Å². The molecule has 21 heavy (non-hydrogen) atoms. The molecule has 0 aliphatic heterocycles. The molecule has 0 radical (unpaired) electrons. The molecule has 0 N–H and O–H groups in total. The van der Waals surface area contributed by atoms with Gasteiger partial charge in [0.25, 0.3) is 0 Å². The highest BCUT2D eigenvalue weighted by Crippen LogP contribution is 2.33. The monoisotopic (exact) mass is 336 g/mol. The molecule has 0 spiro atoms. The summed E-state index contributed by atoms with van der Waals surface area (Å²) >= 11 is 0. The Balaban J connectivity index is 3.09. The summed E-state index contributed by atoms with van der Waals surface area (Å²) in [5.41, 5.74) is 0. The molecule has 0 saturated carbocycles. The lowest BCUT2D eigenvalue weighted by atomic mass is 10.4. The highest BCUT2D eigenvalue weighted by atomic mass is 28.4. The molecule has 0 aliphatic rings. The standard InChI is InChI=1S/C17H32OSi3/c1-19(2,3)17(14-15-18-20(4,5)6)21(7,8)16-12-10-9-11-13-16/h9-15,17H,1-8H3/b15-14-. The zero-order valence-corrected chi connectivity index (χ0v) is 18.0. The van der Waals surface area contributed by atoms with E-state index in [2.05, 4.69) is 88.8 Å². The minimum atomic E-state index is -1.53. The molecule has 1 nitrogen and oxygen atoms in total. The average Bonchev–Trinajstić information content (AvgIpc) is 2.32. The molecule has 0 saturated heterocycles. The van der Waals surface area contributed by atoms with Crippen molar-refractivity contribution < 1.29 is 4.43 Å². The number of hydrogen-bond donors (Lipinski definition) is 0. The van der Waals surface area contributed by atoms with Gasteiger partial charge in [0.05, 0.1) is 14.3 Å². The number of hydrogen-bond acceptors (Lipinski definition) is 1. The summed E-state index contributed by atoms with van der Waals surface area (Å²) in [6.07, 6.45) is 4.41. The van der Waals surface area contributed by atoms with Crippen LogP contribution in [0.1, 0.15) is 0 Å². The average molecular weight is 337 g/mol. The molecule has 4 heteroatoms. The van der Waals surface area contributed by atoms with Crippen molar-refractivity contribution in [2.24, 2.45) is 0 Å². The lowest BCUT2D eigenvalue weighted by molar-refractivity contribution is 0.478. The van der Waals surface area contributed by atoms with Crippen molar-refractivity contribution in [3.63, 3.8) is 0 Å². The van der Waals surface area contributed by atoms with Crippen molar-refractivity contribution in [2.45, 2.75) is 57.5 Å². The summed E-state index contributed by atoms with van der Waals surface area (Å²) in [6.45, 7) is 19.2. The van der Waals surface area contributed by atoms with E-state index in [1.54, 1.807) is 5.19 Å². The molecule has 0 heterocycles. The second-order valence-corrected chi connectivity index (χ2v) is 23.5. The van der Waals surface area contributed by atoms with Gasteiger partial charge in [0.2, 0.25) is 8.32 Å². The first kappa shape index (κ1) is 18.5. The molecule has 0 aliphatic carbocycles. The number of rotatable bonds is 6. The Morgan fingerprint density at radius 3 is 1.81 bits per heavy atom. The van der Waals surface area contributed by atoms with Crippen LogP contribution >= 0.6 is 0 Å². The fraction of sp³-hybridized carbons (Fsp3) is 0.529. The van der Waals surface area contributed by atoms with E-state index in [9.17, 15) is 0 Å². The van der Waals surface area contributed by atoms with E-state index in [1.165, 1.54) is 0 Å². The summed E-state index contributed by atoms with van der Waals surface area (Å²) in [5, 5.41) is 2.24. The maximum atomic E-state index is 5.99. The van der Waals surface area contributed by atoms with Crippen LogP contribution in [0.4, 0.5) is 0 Å². The first-order valence-electron chi connectivity index (χ1n) is 7.84. The molecule has 1 aromatic carbocycles. The largest absolute Gasteiger partial charge is 0.550 e. The van der Waals surface area contributed by atoms with Crippen molar-refractivity contribution in [3.8, 4) is 0 Å². The van der Waals surface area contributed by atoms with E-state index in [4.69, 9.17) is 4.43 Å². The summed E-state index contributed by atoms with van der Waals surface area (Å²) in [6, 6.07) is 11.1. The smallest absolute Gasteiger partial charge is 0.241 e. The van der Waals surface area contributed by atoms with Crippen LogP contribution in [0.2, 0.25) is 57.5 Å². The zero-order chi connectivity index (χ0) is 16.3. The summed E-state index contributed by atoms with van der Waals surface area (Å²) in [5.74, 6) is 0. The third kappa shape index (κ3) is 5.60. The van der Waals surface area contributed by atoms with Gasteiger partial charge in [0.1, 0.15) is 0 Å². The molecule has 0 bridgehead atoms. The van der Waals surface area contributed by atoms with Crippen LogP contribution in [0, 0.1) is 0 Å². The van der Waals surface area contributed by atoms with Crippen molar-refractivity contribution >= 4 is 29.7 Å². The third-order valence-corrected chi connectivity index (χ3v) is 15.2. The predicted octanol–water partition coefficient (Wildman–Crippen LogP) is 5.21. The van der Waals surface area contributed by atoms with Gasteiger partial charge in [-0.2, -0.15) is 0 Å². The van der Waals surface area contributed by atoms with E-state index in [0.29, 0.717) is 5.16 Å². The van der Waals surface area contributed by atoms with Gasteiger partial charge < -0.3 is 4.43 Å². The van der Waals surface area contributed by atoms with Gasteiger partial charge >= 0.3 is 0 Å². The lowest BCUT2D eigenvalue weighted by Crippen LogP contribution is -2.53. The van der Waals surface area contributed by atoms with Crippen LogP contribution in [-0.4, -0.2) is 24.5 Å². The molecular formula is C17H32OSi3. The highest BCUT2D eigenvalue weighted by Gasteiger charge is 2.40. The fourth-order valence-corrected chi connectivity index (χ4v) is 15.3. The molecule has 1 rings (SSSR count). The summed E-state index contributed by atoms with van der Waals surface area (Å²) in [4.78, 5) is 0. The Kier molecular flexibility index (Phi) is 5.86. The second kappa shape index (κ2) is 6.67. The first-order valence-corrected chi connectivity index (χ1v) is 17.9. The summed E-state index contributed by atoms with van der Waals surface area (Å²) in [7, 11) is -4.30. The Bertz CT molecular complexity index is 467. The van der Waals surface area contributed by atoms with E-state index in [0.717, 1.165) is 0 Å². The molecule has 0 amide bonds. The van der Waals surface area contributed by atoms with Gasteiger partial charge in [-0.1, -0.05) is 74.3 Å². The van der Waals surface area contributed by atoms with Crippen LogP contribution in [0.15, 0.2) is 42.7 Å². The second-order valence-electron chi connectivity index (χ2n) is 8.49. The normalized spacial score (nSPS) is 15.2. The van der Waals surface area contributed by atoms with Crippen LogP contribution < -0.4 is 5.19 Å². The van der Waals surface area contributed by atoms with Gasteiger partial charge in [-0.25, -0.2) is 0 Å². The Labute approximate surface area is 134 Å². The minimum Gasteiger partial charge on any atom is -0.550 e. The van der Waals surface area contributed by atoms with Crippen LogP contribution in [0.25, 0.3) is 0 Å². The topological polar surface area (TPSA) is 9.23 Å². The van der Waals surface area contributed by atoms with Crippen molar-refractivity contribution in [3.05, 3.63) is 42.7 Å². The molecule has 1 atom stereocenters. The minimum absolute atomic E-state index is 0.684. The predicted molar refractivity (Wildman–Crippen MR) is 104 cm³/mol. The van der Waals surface area contributed by atoms with Crippen LogP contribution in [0.5, 0.6) is 0 Å². The fourth-order valence-electron chi connectivity index (χ4n) is 2.98. The first-order chi connectivity index (χ1) is 9.44. The zero-order valence-electron chi connectivity index (χ0n) is 15.0. The molecule has 0 fully saturated rings. The number of benzene rings is 1. The Hall–Kier alpha value is -0.589. The van der Waals surface area contributed by atoms with E-state index in [1.807, 2.05) is 6.26 Å². The Morgan fingerprint density at radius 1 is 0.857 bits per heavy atom. The van der Waals surface area contributed by atoms with E-state index < -0.39 is 24.5 Å². The molecule has 0 aromatic heterocycles. The van der Waals surface area contributed by atoms with Gasteiger partial charge in [0, 0.05) is 8.07 Å². The van der Waals surface area contributed by atoms with Gasteiger partial charge in [-0.15, -0.1) is 0 Å². The number of allylic oxidation sites excluding steroid dienone is 1. The maximum Gasteiger partial charge on any atom is 0.241 e. The highest BCUT2D eigenvalue weighted by molar-refractivity contribution is 7.03. The maximum absolute atomic E-state index is 5.99. The van der Waals surface area contributed by atoms with Crippen molar-refractivity contribution in [1.29, 1.82) is 0 Å². The SMILES string of the molecule is C[Si](C)(C)O/C=C\C([Si](C)(C)C)[Si](C)(C)c1ccccc1.